The van der Waals surface area contributed by atoms with Crippen LogP contribution in [0.25, 0.3) is 21.7 Å². The number of hydrogen-bond acceptors (Lipinski definition) is 6. The lowest BCUT2D eigenvalue weighted by molar-refractivity contribution is 0.378. The highest BCUT2D eigenvalue weighted by Gasteiger charge is 2.17. The summed E-state index contributed by atoms with van der Waals surface area (Å²) in [5, 5.41) is 19.6. The molecule has 1 heterocycles. The molecule has 0 aliphatic heterocycles. The maximum Gasteiger partial charge on any atom is 0.344 e. The molecule has 0 saturated heterocycles. The predicted octanol–water partition coefficient (Wildman–Crippen LogP) is 2.03. The number of aromatic hydroxyl groups is 2. The number of fused-ring (bicyclic) bond motifs is 2. The molecule has 3 rings (SSSR count). The Morgan fingerprint density at radius 1 is 1.05 bits per heavy atom. The molecule has 112 valence electrons. The summed E-state index contributed by atoms with van der Waals surface area (Å²) in [5.41, 5.74) is -0.797. The lowest BCUT2D eigenvalue weighted by Gasteiger charge is -2.04. The van der Waals surface area contributed by atoms with Gasteiger partial charge < -0.3 is 19.4 Å². The highest BCUT2D eigenvalue weighted by atomic mass is 16.5. The average Bonchev–Trinajstić information content (AvgIpc) is 2.54. The topological polar surface area (TPSA) is 97.0 Å². The highest BCUT2D eigenvalue weighted by molar-refractivity contribution is 5.96. The van der Waals surface area contributed by atoms with Gasteiger partial charge in [-0.05, 0) is 36.8 Å². The minimum Gasteiger partial charge on any atom is -0.507 e. The standard InChI is InChI=1S/C16H12O6/c1-7-5-10(18)13-11(6-7)22-16(20)8-3-4-9(17)15(21-2)12(8)14(13)19/h3-6,17-18H,1-2H3. The van der Waals surface area contributed by atoms with E-state index in [1.54, 1.807) is 6.92 Å². The van der Waals surface area contributed by atoms with E-state index in [1.165, 1.54) is 31.4 Å². The molecule has 6 nitrogen and oxygen atoms in total. The molecule has 0 aliphatic carbocycles. The molecule has 0 spiro atoms. The van der Waals surface area contributed by atoms with Gasteiger partial charge in [-0.2, -0.15) is 0 Å². The monoisotopic (exact) mass is 300 g/mol. The number of phenolic OH excluding ortho intramolecular Hbond substituents is 2. The van der Waals surface area contributed by atoms with Crippen molar-refractivity contribution in [3.8, 4) is 17.2 Å². The van der Waals surface area contributed by atoms with Crippen LogP contribution in [-0.2, 0) is 0 Å². The van der Waals surface area contributed by atoms with Crippen LogP contribution in [0.4, 0.5) is 0 Å². The molecule has 22 heavy (non-hydrogen) atoms. The normalized spacial score (nSPS) is 11.0. The number of methoxy groups -OCH3 is 1. The lowest BCUT2D eigenvalue weighted by Crippen LogP contribution is -2.04. The number of rotatable bonds is 1. The highest BCUT2D eigenvalue weighted by Crippen LogP contribution is 2.32. The fourth-order valence-electron chi connectivity index (χ4n) is 2.50. The molecule has 2 aromatic carbocycles. The average molecular weight is 300 g/mol. The van der Waals surface area contributed by atoms with Gasteiger partial charge in [0.2, 0.25) is 5.43 Å². The summed E-state index contributed by atoms with van der Waals surface area (Å²) in [4.78, 5) is 25.0. The first-order chi connectivity index (χ1) is 10.4. The maximum absolute atomic E-state index is 12.8. The molecule has 0 unspecified atom stereocenters. The molecular weight excluding hydrogens is 288 g/mol. The van der Waals surface area contributed by atoms with E-state index in [0.717, 1.165) is 0 Å². The van der Waals surface area contributed by atoms with Gasteiger partial charge in [0.15, 0.2) is 11.5 Å². The van der Waals surface area contributed by atoms with Gasteiger partial charge in [-0.15, -0.1) is 0 Å². The Hall–Kier alpha value is -3.02. The van der Waals surface area contributed by atoms with Crippen LogP contribution in [-0.4, -0.2) is 17.3 Å². The summed E-state index contributed by atoms with van der Waals surface area (Å²) in [6.45, 7) is 1.70. The second-order valence-electron chi connectivity index (χ2n) is 4.92. The summed E-state index contributed by atoms with van der Waals surface area (Å²) >= 11 is 0. The van der Waals surface area contributed by atoms with Crippen molar-refractivity contribution >= 4 is 21.7 Å². The molecule has 2 N–H and O–H groups in total. The van der Waals surface area contributed by atoms with Crippen molar-refractivity contribution in [2.75, 3.05) is 7.11 Å². The molecule has 0 radical (unpaired) electrons. The van der Waals surface area contributed by atoms with Crippen LogP contribution in [0.5, 0.6) is 17.2 Å². The molecule has 1 aromatic heterocycles. The Kier molecular flexibility index (Phi) is 3.02. The molecule has 0 amide bonds. The van der Waals surface area contributed by atoms with E-state index >= 15 is 0 Å². The van der Waals surface area contributed by atoms with Crippen molar-refractivity contribution < 1.29 is 19.4 Å². The van der Waals surface area contributed by atoms with Gasteiger partial charge in [-0.25, -0.2) is 4.79 Å². The second-order valence-corrected chi connectivity index (χ2v) is 4.92. The van der Waals surface area contributed by atoms with Crippen LogP contribution in [0.1, 0.15) is 5.56 Å². The summed E-state index contributed by atoms with van der Waals surface area (Å²) in [6.07, 6.45) is 0. The van der Waals surface area contributed by atoms with Crippen molar-refractivity contribution in [1.82, 2.24) is 0 Å². The number of ether oxygens (including phenoxy) is 1. The first kappa shape index (κ1) is 13.9. The van der Waals surface area contributed by atoms with E-state index in [4.69, 9.17) is 9.15 Å². The van der Waals surface area contributed by atoms with Gasteiger partial charge in [-0.1, -0.05) is 0 Å². The van der Waals surface area contributed by atoms with Gasteiger partial charge in [0.25, 0.3) is 0 Å². The zero-order chi connectivity index (χ0) is 16.0. The Morgan fingerprint density at radius 2 is 1.77 bits per heavy atom. The van der Waals surface area contributed by atoms with Crippen molar-refractivity contribution in [2.45, 2.75) is 6.92 Å². The Balaban J connectivity index is 2.77. The van der Waals surface area contributed by atoms with Crippen LogP contribution in [0, 0.1) is 6.92 Å². The van der Waals surface area contributed by atoms with Gasteiger partial charge >= 0.3 is 5.63 Å². The van der Waals surface area contributed by atoms with Crippen molar-refractivity contribution in [3.63, 3.8) is 0 Å². The van der Waals surface area contributed by atoms with Crippen LogP contribution in [0.15, 0.2) is 38.3 Å². The fraction of sp³-hybridized carbons (Fsp3) is 0.125. The number of hydrogen-bond donors (Lipinski definition) is 2. The van der Waals surface area contributed by atoms with E-state index in [0.29, 0.717) is 5.56 Å². The summed E-state index contributed by atoms with van der Waals surface area (Å²) < 4.78 is 10.2. The Morgan fingerprint density at radius 3 is 2.45 bits per heavy atom. The fourth-order valence-corrected chi connectivity index (χ4v) is 2.50. The molecule has 3 aromatic rings. The third kappa shape index (κ3) is 1.88. The lowest BCUT2D eigenvalue weighted by atomic mass is 10.1. The summed E-state index contributed by atoms with van der Waals surface area (Å²) in [5.74, 6) is -0.712. The van der Waals surface area contributed by atoms with Gasteiger partial charge in [0, 0.05) is 0 Å². The molecule has 0 atom stereocenters. The predicted molar refractivity (Wildman–Crippen MR) is 80.9 cm³/mol. The van der Waals surface area contributed by atoms with Crippen molar-refractivity contribution in [3.05, 3.63) is 50.5 Å². The van der Waals surface area contributed by atoms with Crippen LogP contribution < -0.4 is 15.8 Å². The first-order valence-corrected chi connectivity index (χ1v) is 6.44. The largest absolute Gasteiger partial charge is 0.507 e. The Bertz CT molecular complexity index is 1030. The molecule has 0 saturated carbocycles. The molecule has 0 bridgehead atoms. The Labute approximate surface area is 123 Å². The SMILES string of the molecule is COc1c(O)ccc2c(=O)oc3cc(C)cc(O)c3c(=O)c12. The van der Waals surface area contributed by atoms with Crippen molar-refractivity contribution in [2.24, 2.45) is 0 Å². The van der Waals surface area contributed by atoms with E-state index in [9.17, 15) is 19.8 Å². The van der Waals surface area contributed by atoms with Gasteiger partial charge in [0.1, 0.15) is 16.7 Å². The maximum atomic E-state index is 12.8. The second kappa shape index (κ2) is 4.77. The number of phenols is 2. The zero-order valence-corrected chi connectivity index (χ0v) is 11.8. The van der Waals surface area contributed by atoms with Crippen molar-refractivity contribution in [1.29, 1.82) is 0 Å². The molecule has 0 fully saturated rings. The van der Waals surface area contributed by atoms with Crippen LogP contribution in [0.2, 0.25) is 0 Å². The first-order valence-electron chi connectivity index (χ1n) is 6.44. The zero-order valence-electron chi connectivity index (χ0n) is 11.8. The van der Waals surface area contributed by atoms with Gasteiger partial charge in [-0.3, -0.25) is 4.79 Å². The summed E-state index contributed by atoms with van der Waals surface area (Å²) in [6, 6.07) is 5.41. The van der Waals surface area contributed by atoms with Crippen LogP contribution >= 0.6 is 0 Å². The number of aryl methyl sites for hydroxylation is 1. The minimum atomic E-state index is -0.759. The minimum absolute atomic E-state index is 0.0229. The number of benzene rings is 2. The van der Waals surface area contributed by atoms with E-state index in [2.05, 4.69) is 0 Å². The quantitative estimate of drug-likeness (QED) is 0.713. The molecular formula is C16H12O6. The third-order valence-corrected chi connectivity index (χ3v) is 3.44. The smallest absolute Gasteiger partial charge is 0.344 e. The van der Waals surface area contributed by atoms with E-state index in [-0.39, 0.29) is 39.0 Å². The van der Waals surface area contributed by atoms with Crippen LogP contribution in [0.3, 0.4) is 0 Å². The third-order valence-electron chi connectivity index (χ3n) is 3.44. The molecule has 6 heteroatoms. The van der Waals surface area contributed by atoms with Gasteiger partial charge in [0.05, 0.1) is 17.9 Å². The molecule has 0 aliphatic rings. The van der Waals surface area contributed by atoms with E-state index in [1.807, 2.05) is 0 Å². The summed E-state index contributed by atoms with van der Waals surface area (Å²) in [7, 11) is 1.27. The van der Waals surface area contributed by atoms with E-state index < -0.39 is 11.1 Å².